The molecule has 78 valence electrons. The van der Waals surface area contributed by atoms with E-state index >= 15 is 0 Å². The summed E-state index contributed by atoms with van der Waals surface area (Å²) in [5.74, 6) is 0.344. The first-order valence-corrected chi connectivity index (χ1v) is 6.09. The minimum atomic E-state index is -0.327. The van der Waals surface area contributed by atoms with E-state index in [1.165, 1.54) is 0 Å². The summed E-state index contributed by atoms with van der Waals surface area (Å²) >= 11 is 6.36. The van der Waals surface area contributed by atoms with Crippen LogP contribution in [0.4, 0.5) is 4.39 Å². The number of benzene rings is 1. The molecule has 5 heteroatoms. The first-order chi connectivity index (χ1) is 7.22. The molecule has 0 spiro atoms. The molecule has 2 nitrogen and oxygen atoms in total. The molecule has 0 fully saturated rings. The molecule has 0 atom stereocenters. The zero-order valence-electron chi connectivity index (χ0n) is 7.51. The Balaban J connectivity index is 2.49. The van der Waals surface area contributed by atoms with Crippen LogP contribution in [-0.2, 0) is 5.33 Å². The zero-order chi connectivity index (χ0) is 10.8. The molecule has 0 radical (unpaired) electrons. The Labute approximate surface area is 103 Å². The van der Waals surface area contributed by atoms with Crippen molar-refractivity contribution in [3.63, 3.8) is 0 Å². The van der Waals surface area contributed by atoms with Crippen LogP contribution in [0.2, 0.25) is 0 Å². The van der Waals surface area contributed by atoms with Crippen molar-refractivity contribution in [2.75, 3.05) is 0 Å². The van der Waals surface area contributed by atoms with Crippen LogP contribution in [-0.4, -0.2) is 5.16 Å². The Morgan fingerprint density at radius 3 is 2.87 bits per heavy atom. The maximum absolute atomic E-state index is 13.7. The summed E-state index contributed by atoms with van der Waals surface area (Å²) < 4.78 is 19.1. The molecule has 0 bridgehead atoms. The maximum atomic E-state index is 13.7. The molecule has 0 aliphatic rings. The Kier molecular flexibility index (Phi) is 3.21. The van der Waals surface area contributed by atoms with E-state index in [2.05, 4.69) is 37.0 Å². The topological polar surface area (TPSA) is 26.0 Å². The van der Waals surface area contributed by atoms with Crippen molar-refractivity contribution in [2.45, 2.75) is 5.33 Å². The van der Waals surface area contributed by atoms with E-state index in [4.69, 9.17) is 4.52 Å². The van der Waals surface area contributed by atoms with E-state index in [1.807, 2.05) is 0 Å². The summed E-state index contributed by atoms with van der Waals surface area (Å²) in [7, 11) is 0. The second-order valence-electron chi connectivity index (χ2n) is 2.91. The smallest absolute Gasteiger partial charge is 0.147 e. The fraction of sp³-hybridized carbons (Fsp3) is 0.100. The Hall–Kier alpha value is -0.680. The van der Waals surface area contributed by atoms with Gasteiger partial charge in [-0.15, -0.1) is 0 Å². The average Bonchev–Trinajstić information content (AvgIpc) is 2.70. The Morgan fingerprint density at radius 1 is 1.40 bits per heavy atom. The van der Waals surface area contributed by atoms with Crippen LogP contribution in [0.3, 0.4) is 0 Å². The van der Waals surface area contributed by atoms with Crippen molar-refractivity contribution in [2.24, 2.45) is 0 Å². The molecule has 0 saturated carbocycles. The molecule has 0 aliphatic carbocycles. The zero-order valence-corrected chi connectivity index (χ0v) is 10.7. The highest BCUT2D eigenvalue weighted by atomic mass is 79.9. The van der Waals surface area contributed by atoms with Gasteiger partial charge in [0.05, 0.1) is 9.80 Å². The molecule has 0 unspecified atom stereocenters. The third-order valence-electron chi connectivity index (χ3n) is 1.92. The van der Waals surface area contributed by atoms with Gasteiger partial charge >= 0.3 is 0 Å². The van der Waals surface area contributed by atoms with Crippen molar-refractivity contribution < 1.29 is 8.91 Å². The van der Waals surface area contributed by atoms with E-state index < -0.39 is 0 Å². The third kappa shape index (κ3) is 2.13. The normalized spacial score (nSPS) is 10.6. The van der Waals surface area contributed by atoms with Crippen LogP contribution < -0.4 is 0 Å². The Morgan fingerprint density at radius 2 is 2.20 bits per heavy atom. The quantitative estimate of drug-likeness (QED) is 0.771. The average molecular weight is 335 g/mol. The van der Waals surface area contributed by atoms with Gasteiger partial charge in [0.25, 0.3) is 0 Å². The van der Waals surface area contributed by atoms with Gasteiger partial charge in [0.1, 0.15) is 17.3 Å². The number of rotatable bonds is 2. The second-order valence-corrected chi connectivity index (χ2v) is 4.33. The number of aromatic nitrogens is 1. The molecule has 0 amide bonds. The lowest BCUT2D eigenvalue weighted by Gasteiger charge is -1.99. The van der Waals surface area contributed by atoms with Crippen molar-refractivity contribution in [3.05, 3.63) is 40.3 Å². The van der Waals surface area contributed by atoms with Crippen molar-refractivity contribution in [1.82, 2.24) is 5.16 Å². The van der Waals surface area contributed by atoms with Gasteiger partial charge < -0.3 is 4.52 Å². The first kappa shape index (κ1) is 10.8. The van der Waals surface area contributed by atoms with Crippen molar-refractivity contribution in [3.8, 4) is 11.3 Å². The second kappa shape index (κ2) is 4.45. The van der Waals surface area contributed by atoms with Crippen LogP contribution in [0.15, 0.2) is 33.3 Å². The molecule has 1 heterocycles. The molecule has 1 aromatic heterocycles. The lowest BCUT2D eigenvalue weighted by molar-refractivity contribution is 0.397. The summed E-state index contributed by atoms with van der Waals surface area (Å²) in [6.07, 6.45) is 0. The highest BCUT2D eigenvalue weighted by Crippen LogP contribution is 2.27. The van der Waals surface area contributed by atoms with Crippen molar-refractivity contribution in [1.29, 1.82) is 0 Å². The molecule has 0 aliphatic heterocycles. The first-order valence-electron chi connectivity index (χ1n) is 4.18. The van der Waals surface area contributed by atoms with Gasteiger partial charge in [0, 0.05) is 11.6 Å². The standard InChI is InChI=1S/C10H6Br2FNO/c11-5-6-4-9(14-15-6)7-2-1-3-8(12)10(7)13/h1-4H,5H2. The maximum Gasteiger partial charge on any atom is 0.147 e. The predicted octanol–water partition coefficient (Wildman–Crippen LogP) is 4.14. The van der Waals surface area contributed by atoms with Gasteiger partial charge in [-0.25, -0.2) is 4.39 Å². The SMILES string of the molecule is Fc1c(Br)cccc1-c1cc(CBr)on1. The molecule has 1 aromatic carbocycles. The van der Waals surface area contributed by atoms with Crippen LogP contribution in [0.5, 0.6) is 0 Å². The molecule has 0 saturated heterocycles. The minimum absolute atomic E-state index is 0.327. The van der Waals surface area contributed by atoms with E-state index in [1.54, 1.807) is 24.3 Å². The Bertz CT molecular complexity index is 484. The van der Waals surface area contributed by atoms with Gasteiger partial charge in [0.2, 0.25) is 0 Å². The van der Waals surface area contributed by atoms with Gasteiger partial charge in [0.15, 0.2) is 0 Å². The van der Waals surface area contributed by atoms with Gasteiger partial charge in [-0.05, 0) is 28.1 Å². The predicted molar refractivity (Wildman–Crippen MR) is 62.2 cm³/mol. The van der Waals surface area contributed by atoms with Gasteiger partial charge in [-0.3, -0.25) is 0 Å². The summed E-state index contributed by atoms with van der Waals surface area (Å²) in [5.41, 5.74) is 0.934. The van der Waals surface area contributed by atoms with Crippen molar-refractivity contribution >= 4 is 31.9 Å². The van der Waals surface area contributed by atoms with Crippen LogP contribution >= 0.6 is 31.9 Å². The number of alkyl halides is 1. The lowest BCUT2D eigenvalue weighted by atomic mass is 10.1. The van der Waals surface area contributed by atoms with Crippen LogP contribution in [0.25, 0.3) is 11.3 Å². The van der Waals surface area contributed by atoms with Gasteiger partial charge in [-0.2, -0.15) is 0 Å². The fourth-order valence-electron chi connectivity index (χ4n) is 1.20. The molecular formula is C10H6Br2FNO. The van der Waals surface area contributed by atoms with E-state index in [-0.39, 0.29) is 5.82 Å². The number of halogens is 3. The van der Waals surface area contributed by atoms with Crippen LogP contribution in [0, 0.1) is 5.82 Å². The molecule has 2 aromatic rings. The largest absolute Gasteiger partial charge is 0.360 e. The lowest BCUT2D eigenvalue weighted by Crippen LogP contribution is -1.84. The summed E-state index contributed by atoms with van der Waals surface area (Å²) in [6.45, 7) is 0. The summed E-state index contributed by atoms with van der Waals surface area (Å²) in [5, 5.41) is 4.36. The highest BCUT2D eigenvalue weighted by molar-refractivity contribution is 9.10. The third-order valence-corrected chi connectivity index (χ3v) is 3.08. The van der Waals surface area contributed by atoms with E-state index in [9.17, 15) is 4.39 Å². The molecule has 2 rings (SSSR count). The fourth-order valence-corrected chi connectivity index (χ4v) is 1.83. The number of hydrogen-bond donors (Lipinski definition) is 0. The minimum Gasteiger partial charge on any atom is -0.360 e. The molecule has 15 heavy (non-hydrogen) atoms. The highest BCUT2D eigenvalue weighted by Gasteiger charge is 2.12. The molecular weight excluding hydrogens is 329 g/mol. The summed E-state index contributed by atoms with van der Waals surface area (Å²) in [4.78, 5) is 0. The van der Waals surface area contributed by atoms with Gasteiger partial charge in [-0.1, -0.05) is 27.2 Å². The number of hydrogen-bond acceptors (Lipinski definition) is 2. The molecule has 0 N–H and O–H groups in total. The summed E-state index contributed by atoms with van der Waals surface area (Å²) in [6, 6.07) is 6.77. The monoisotopic (exact) mass is 333 g/mol. The number of nitrogens with zero attached hydrogens (tertiary/aromatic N) is 1. The van der Waals surface area contributed by atoms with E-state index in [0.717, 1.165) is 0 Å². The van der Waals surface area contributed by atoms with E-state index in [0.29, 0.717) is 26.8 Å². The van der Waals surface area contributed by atoms with Crippen LogP contribution in [0.1, 0.15) is 5.76 Å².